The Morgan fingerprint density at radius 1 is 1.48 bits per heavy atom. The van der Waals surface area contributed by atoms with Crippen molar-refractivity contribution in [3.63, 3.8) is 0 Å². The Kier molecular flexibility index (Phi) is 7.42. The Balaban J connectivity index is 2.19. The van der Waals surface area contributed by atoms with E-state index in [2.05, 4.69) is 22.1 Å². The minimum absolute atomic E-state index is 0.264. The number of benzene rings is 1. The van der Waals surface area contributed by atoms with Gasteiger partial charge in [-0.15, -0.1) is 11.7 Å². The molecule has 9 heteroatoms. The number of carboxylic acids is 1. The highest BCUT2D eigenvalue weighted by Crippen LogP contribution is 2.33. The number of carbonyl (C=O) groups is 2. The van der Waals surface area contributed by atoms with Crippen molar-refractivity contribution < 1.29 is 24.2 Å². The minimum atomic E-state index is -1.04. The number of amidine groups is 1. The van der Waals surface area contributed by atoms with Crippen LogP contribution in [0.15, 0.2) is 35.0 Å². The van der Waals surface area contributed by atoms with Crippen molar-refractivity contribution in [3.05, 3.63) is 35.9 Å². The summed E-state index contributed by atoms with van der Waals surface area (Å²) >= 11 is 1.05. The lowest BCUT2D eigenvalue weighted by Crippen LogP contribution is -2.26. The van der Waals surface area contributed by atoms with Crippen LogP contribution in [-0.4, -0.2) is 47.3 Å². The quantitative estimate of drug-likeness (QED) is 0.379. The fourth-order valence-corrected chi connectivity index (χ4v) is 3.33. The molecule has 144 valence electrons. The van der Waals surface area contributed by atoms with Crippen molar-refractivity contribution in [3.8, 4) is 11.5 Å². The molecule has 1 aromatic rings. The Bertz CT molecular complexity index is 791. The molecule has 1 saturated heterocycles. The Hall–Kier alpha value is -2.81. The average molecular weight is 391 g/mol. The molecule has 1 fully saturated rings. The van der Waals surface area contributed by atoms with E-state index in [4.69, 9.17) is 14.6 Å². The van der Waals surface area contributed by atoms with Crippen molar-refractivity contribution in [2.24, 2.45) is 10.2 Å². The van der Waals surface area contributed by atoms with Gasteiger partial charge in [-0.1, -0.05) is 17.8 Å². The fraction of sp³-hybridized carbons (Fsp3) is 0.333. The lowest BCUT2D eigenvalue weighted by atomic mass is 10.1. The first-order chi connectivity index (χ1) is 13.0. The van der Waals surface area contributed by atoms with Gasteiger partial charge in [-0.2, -0.15) is 5.10 Å². The smallest absolute Gasteiger partial charge is 0.305 e. The second-order valence-electron chi connectivity index (χ2n) is 5.48. The summed E-state index contributed by atoms with van der Waals surface area (Å²) in [5.41, 5.74) is 1.65. The molecule has 0 aliphatic carbocycles. The molecule has 1 atom stereocenters. The number of ether oxygens (including phenoxy) is 2. The molecule has 2 rings (SSSR count). The van der Waals surface area contributed by atoms with Gasteiger partial charge in [-0.25, -0.2) is 0 Å². The predicted octanol–water partition coefficient (Wildman–Crippen LogP) is 2.22. The van der Waals surface area contributed by atoms with E-state index in [0.29, 0.717) is 24.5 Å². The maximum Gasteiger partial charge on any atom is 0.305 e. The molecule has 0 spiro atoms. The monoisotopic (exact) mass is 391 g/mol. The zero-order chi connectivity index (χ0) is 19.8. The van der Waals surface area contributed by atoms with E-state index in [1.807, 2.05) is 13.0 Å². The molecule has 1 aromatic carbocycles. The van der Waals surface area contributed by atoms with Crippen LogP contribution < -0.4 is 14.8 Å². The molecule has 1 unspecified atom stereocenters. The zero-order valence-corrected chi connectivity index (χ0v) is 15.9. The predicted molar refractivity (Wildman–Crippen MR) is 105 cm³/mol. The molecule has 1 amide bonds. The summed E-state index contributed by atoms with van der Waals surface area (Å²) in [6.45, 7) is 6.16. The number of carboxylic acid groups (broad SMARTS) is 1. The maximum absolute atomic E-state index is 11.7. The number of hydrogen-bond donors (Lipinski definition) is 2. The van der Waals surface area contributed by atoms with Crippen molar-refractivity contribution in [2.75, 3.05) is 13.7 Å². The Labute approximate surface area is 161 Å². The molecule has 1 aliphatic rings. The zero-order valence-electron chi connectivity index (χ0n) is 15.1. The number of aliphatic carboxylic acids is 1. The summed E-state index contributed by atoms with van der Waals surface area (Å²) in [4.78, 5) is 22.4. The van der Waals surface area contributed by atoms with Crippen LogP contribution in [0.2, 0.25) is 0 Å². The van der Waals surface area contributed by atoms with Crippen LogP contribution in [0, 0.1) is 0 Å². The van der Waals surface area contributed by atoms with E-state index < -0.39 is 11.2 Å². The summed E-state index contributed by atoms with van der Waals surface area (Å²) in [5, 5.41) is 18.8. The molecule has 8 nitrogen and oxygen atoms in total. The Morgan fingerprint density at radius 2 is 2.26 bits per heavy atom. The third-order valence-corrected chi connectivity index (χ3v) is 4.59. The van der Waals surface area contributed by atoms with Crippen molar-refractivity contribution in [1.82, 2.24) is 5.32 Å². The first-order valence-corrected chi connectivity index (χ1v) is 9.11. The number of methoxy groups -OCH3 is 1. The van der Waals surface area contributed by atoms with Crippen molar-refractivity contribution >= 4 is 35.0 Å². The first kappa shape index (κ1) is 20.5. The van der Waals surface area contributed by atoms with E-state index in [-0.39, 0.29) is 17.5 Å². The third-order valence-electron chi connectivity index (χ3n) is 3.52. The standard InChI is InChI=1S/C18H21N3O5S/c1-4-6-12-7-11(8-13(25-3)16(12)26-5-2)10-19-21-18-20-17(24)14(27-18)9-15(22)23/h4,7-8,10,14H,1,5-6,9H2,2-3H3,(H,22,23)(H,20,21,24). The van der Waals surface area contributed by atoms with Gasteiger partial charge in [0.15, 0.2) is 16.7 Å². The summed E-state index contributed by atoms with van der Waals surface area (Å²) in [6, 6.07) is 3.67. The van der Waals surface area contributed by atoms with E-state index in [9.17, 15) is 9.59 Å². The fourth-order valence-electron chi connectivity index (χ4n) is 2.42. The molecule has 1 heterocycles. The van der Waals surface area contributed by atoms with Crippen LogP contribution in [0.3, 0.4) is 0 Å². The highest BCUT2D eigenvalue weighted by Gasteiger charge is 2.32. The van der Waals surface area contributed by atoms with Gasteiger partial charge in [-0.05, 0) is 31.0 Å². The average Bonchev–Trinajstić information content (AvgIpc) is 2.96. The van der Waals surface area contributed by atoms with Crippen LogP contribution in [-0.2, 0) is 16.0 Å². The molecule has 0 radical (unpaired) electrons. The van der Waals surface area contributed by atoms with Crippen molar-refractivity contribution in [2.45, 2.75) is 25.0 Å². The number of hydrogen-bond acceptors (Lipinski definition) is 7. The van der Waals surface area contributed by atoms with Crippen LogP contribution in [0.5, 0.6) is 11.5 Å². The maximum atomic E-state index is 11.7. The molecule has 1 aliphatic heterocycles. The number of allylic oxidation sites excluding steroid dienone is 1. The lowest BCUT2D eigenvalue weighted by molar-refractivity contribution is -0.138. The second kappa shape index (κ2) is 9.77. The molecule has 0 saturated carbocycles. The number of carbonyl (C=O) groups excluding carboxylic acids is 1. The summed E-state index contributed by atoms with van der Waals surface area (Å²) < 4.78 is 11.1. The number of amides is 1. The topological polar surface area (TPSA) is 110 Å². The molecule has 0 aromatic heterocycles. The van der Waals surface area contributed by atoms with Gasteiger partial charge in [0.1, 0.15) is 5.25 Å². The highest BCUT2D eigenvalue weighted by atomic mass is 32.2. The molecular weight excluding hydrogens is 370 g/mol. The molecule has 0 bridgehead atoms. The van der Waals surface area contributed by atoms with Gasteiger partial charge < -0.3 is 19.9 Å². The van der Waals surface area contributed by atoms with Gasteiger partial charge >= 0.3 is 5.97 Å². The van der Waals surface area contributed by atoms with Gasteiger partial charge in [0.05, 0.1) is 26.4 Å². The minimum Gasteiger partial charge on any atom is -0.493 e. The van der Waals surface area contributed by atoms with E-state index >= 15 is 0 Å². The SMILES string of the molecule is C=CCc1cc(C=NN=C2NC(=O)C(CC(=O)O)S2)cc(OC)c1OCC. The second-order valence-corrected chi connectivity index (χ2v) is 6.67. The van der Waals surface area contributed by atoms with E-state index in [0.717, 1.165) is 22.9 Å². The Morgan fingerprint density at radius 3 is 2.89 bits per heavy atom. The van der Waals surface area contributed by atoms with Crippen LogP contribution >= 0.6 is 11.8 Å². The number of nitrogens with one attached hydrogen (secondary N) is 1. The number of rotatable bonds is 9. The van der Waals surface area contributed by atoms with Crippen LogP contribution in [0.4, 0.5) is 0 Å². The van der Waals surface area contributed by atoms with Crippen LogP contribution in [0.25, 0.3) is 0 Å². The van der Waals surface area contributed by atoms with Gasteiger partial charge in [0.2, 0.25) is 5.91 Å². The van der Waals surface area contributed by atoms with E-state index in [1.165, 1.54) is 6.21 Å². The first-order valence-electron chi connectivity index (χ1n) is 8.23. The summed E-state index contributed by atoms with van der Waals surface area (Å²) in [6.07, 6.45) is 3.63. The van der Waals surface area contributed by atoms with Gasteiger partial charge in [0, 0.05) is 5.56 Å². The summed E-state index contributed by atoms with van der Waals surface area (Å²) in [5.74, 6) is -0.176. The molecule has 27 heavy (non-hydrogen) atoms. The van der Waals surface area contributed by atoms with E-state index in [1.54, 1.807) is 19.3 Å². The van der Waals surface area contributed by atoms with Gasteiger partial charge in [0.25, 0.3) is 0 Å². The summed E-state index contributed by atoms with van der Waals surface area (Å²) in [7, 11) is 1.56. The van der Waals surface area contributed by atoms with Crippen molar-refractivity contribution in [1.29, 1.82) is 0 Å². The van der Waals surface area contributed by atoms with Gasteiger partial charge in [-0.3, -0.25) is 9.59 Å². The number of thioether (sulfide) groups is 1. The lowest BCUT2D eigenvalue weighted by Gasteiger charge is -2.14. The normalized spacial score (nSPS) is 17.9. The highest BCUT2D eigenvalue weighted by molar-refractivity contribution is 8.15. The third kappa shape index (κ3) is 5.58. The number of nitrogens with zero attached hydrogens (tertiary/aromatic N) is 2. The molecular formula is C18H21N3O5S. The largest absolute Gasteiger partial charge is 0.493 e. The van der Waals surface area contributed by atoms with Crippen LogP contribution in [0.1, 0.15) is 24.5 Å². The molecule has 2 N–H and O–H groups in total.